The zero-order valence-electron chi connectivity index (χ0n) is 19.3. The van der Waals surface area contributed by atoms with Crippen molar-refractivity contribution in [2.45, 2.75) is 66.0 Å². The van der Waals surface area contributed by atoms with Crippen LogP contribution < -0.4 is 4.74 Å². The fourth-order valence-electron chi connectivity index (χ4n) is 3.85. The maximum Gasteiger partial charge on any atom is 0.211 e. The van der Waals surface area contributed by atoms with Gasteiger partial charge >= 0.3 is 0 Å². The number of fused-ring (bicyclic) bond motifs is 1. The molecule has 0 saturated carbocycles. The normalized spacial score (nSPS) is 12.4. The largest absolute Gasteiger partial charge is 0.475 e. The number of carbonyl (C=O) groups is 1. The molecule has 0 spiro atoms. The summed E-state index contributed by atoms with van der Waals surface area (Å²) in [4.78, 5) is 19.9. The zero-order valence-corrected chi connectivity index (χ0v) is 19.3. The van der Waals surface area contributed by atoms with E-state index in [0.717, 1.165) is 36.5 Å². The van der Waals surface area contributed by atoms with Crippen LogP contribution in [0.25, 0.3) is 5.65 Å². The molecule has 1 unspecified atom stereocenters. The van der Waals surface area contributed by atoms with Crippen LogP contribution in [0.1, 0.15) is 74.5 Å². The molecule has 5 heteroatoms. The predicted octanol–water partition coefficient (Wildman–Crippen LogP) is 5.89. The van der Waals surface area contributed by atoms with E-state index in [4.69, 9.17) is 4.74 Å². The summed E-state index contributed by atoms with van der Waals surface area (Å²) in [6, 6.07) is 11.4. The van der Waals surface area contributed by atoms with Crippen molar-refractivity contribution in [1.29, 1.82) is 0 Å². The third-order valence-electron chi connectivity index (χ3n) is 5.71. The van der Waals surface area contributed by atoms with Gasteiger partial charge in [-0.3, -0.25) is 14.1 Å². The van der Waals surface area contributed by atoms with Crippen molar-refractivity contribution < 1.29 is 9.53 Å². The maximum atomic E-state index is 13.1. The summed E-state index contributed by atoms with van der Waals surface area (Å²) in [5, 5.41) is 0. The lowest BCUT2D eigenvalue weighted by Crippen LogP contribution is -2.40. The number of ether oxygens (including phenoxy) is 1. The van der Waals surface area contributed by atoms with Crippen LogP contribution in [0.2, 0.25) is 0 Å². The monoisotopic (exact) mass is 421 g/mol. The van der Waals surface area contributed by atoms with Gasteiger partial charge in [-0.25, -0.2) is 4.98 Å². The summed E-state index contributed by atoms with van der Waals surface area (Å²) in [5.74, 6) is 0.764. The van der Waals surface area contributed by atoms with E-state index in [0.29, 0.717) is 11.3 Å². The number of benzene rings is 1. The Hall–Kier alpha value is -2.66. The lowest BCUT2D eigenvalue weighted by molar-refractivity contribution is 0.0202. The summed E-state index contributed by atoms with van der Waals surface area (Å²) in [6.07, 6.45) is 9.23. The van der Waals surface area contributed by atoms with Crippen molar-refractivity contribution in [2.75, 3.05) is 13.1 Å². The Labute approximate surface area is 186 Å². The van der Waals surface area contributed by atoms with E-state index in [-0.39, 0.29) is 12.0 Å². The number of carbonyl (C=O) groups excluding carboxylic acids is 1. The number of nitrogens with zero attached hydrogens (tertiary/aromatic N) is 3. The average Bonchev–Trinajstić information content (AvgIpc) is 3.23. The first-order chi connectivity index (χ1) is 15.1. The Kier molecular flexibility index (Phi) is 8.24. The molecule has 1 atom stereocenters. The van der Waals surface area contributed by atoms with Gasteiger partial charge in [0.15, 0.2) is 6.23 Å². The molecular weight excluding hydrogens is 386 g/mol. The molecule has 3 aromatic rings. The predicted molar refractivity (Wildman–Crippen MR) is 126 cm³/mol. The first kappa shape index (κ1) is 23.0. The quantitative estimate of drug-likeness (QED) is 0.270. The van der Waals surface area contributed by atoms with Crippen LogP contribution in [-0.2, 0) is 0 Å². The molecular formula is C26H35N3O2. The Morgan fingerprint density at radius 2 is 1.74 bits per heavy atom. The van der Waals surface area contributed by atoms with Crippen LogP contribution in [0.15, 0.2) is 48.8 Å². The number of ketones is 1. The van der Waals surface area contributed by atoms with Crippen LogP contribution in [0.3, 0.4) is 0 Å². The molecule has 0 radical (unpaired) electrons. The maximum absolute atomic E-state index is 13.1. The van der Waals surface area contributed by atoms with Gasteiger partial charge in [-0.1, -0.05) is 39.7 Å². The molecule has 2 aromatic heterocycles. The number of pyridine rings is 1. The van der Waals surface area contributed by atoms with Crippen LogP contribution in [0.4, 0.5) is 0 Å². The molecule has 0 aliphatic carbocycles. The van der Waals surface area contributed by atoms with Gasteiger partial charge in [-0.15, -0.1) is 0 Å². The van der Waals surface area contributed by atoms with Gasteiger partial charge in [0, 0.05) is 24.8 Å². The number of hydrogen-bond acceptors (Lipinski definition) is 4. The van der Waals surface area contributed by atoms with Gasteiger partial charge in [0.05, 0.1) is 6.20 Å². The molecule has 5 nitrogen and oxygen atoms in total. The fraction of sp³-hybridized carbons (Fsp3) is 0.462. The van der Waals surface area contributed by atoms with Gasteiger partial charge in [0.25, 0.3) is 0 Å². The first-order valence-corrected chi connectivity index (χ1v) is 11.6. The minimum absolute atomic E-state index is 0.0378. The topological polar surface area (TPSA) is 46.8 Å². The van der Waals surface area contributed by atoms with E-state index in [2.05, 4.69) is 30.7 Å². The van der Waals surface area contributed by atoms with E-state index in [1.807, 2.05) is 53.9 Å². The van der Waals surface area contributed by atoms with Crippen LogP contribution in [0.5, 0.6) is 5.75 Å². The van der Waals surface area contributed by atoms with Gasteiger partial charge in [0.1, 0.15) is 17.1 Å². The third-order valence-corrected chi connectivity index (χ3v) is 5.71. The Bertz CT molecular complexity index is 970. The number of hydrogen-bond donors (Lipinski definition) is 0. The molecule has 0 saturated heterocycles. The Morgan fingerprint density at radius 3 is 2.35 bits per heavy atom. The molecule has 0 aliphatic heterocycles. The Balaban J connectivity index is 1.73. The standard InChI is InChI=1S/C26H35N3O2/c1-5-8-16-28(17-9-6-2)24(7-3)31-22-14-12-21(13-15-22)25(30)23-19-27-26-20(4)11-10-18-29(23)26/h10-15,18-19,24H,5-9,16-17H2,1-4H3. The minimum Gasteiger partial charge on any atom is -0.475 e. The molecule has 0 amide bonds. The fourth-order valence-corrected chi connectivity index (χ4v) is 3.85. The number of unbranched alkanes of at least 4 members (excludes halogenated alkanes) is 2. The van der Waals surface area contributed by atoms with Crippen molar-refractivity contribution in [3.8, 4) is 5.75 Å². The molecule has 1 aromatic carbocycles. The molecule has 0 fully saturated rings. The number of aromatic nitrogens is 2. The smallest absolute Gasteiger partial charge is 0.211 e. The molecule has 0 N–H and O–H groups in total. The van der Waals surface area contributed by atoms with E-state index in [1.165, 1.54) is 25.7 Å². The number of imidazole rings is 1. The molecule has 0 aliphatic rings. The molecule has 3 rings (SSSR count). The van der Waals surface area contributed by atoms with E-state index in [9.17, 15) is 4.79 Å². The SMILES string of the molecule is CCCCN(CCCC)C(CC)Oc1ccc(C(=O)c2cnc3c(C)cccn23)cc1. The molecule has 166 valence electrons. The van der Waals surface area contributed by atoms with E-state index < -0.39 is 0 Å². The van der Waals surface area contributed by atoms with Crippen LogP contribution in [0, 0.1) is 6.92 Å². The lowest BCUT2D eigenvalue weighted by atomic mass is 10.1. The van der Waals surface area contributed by atoms with E-state index in [1.54, 1.807) is 6.20 Å². The summed E-state index contributed by atoms with van der Waals surface area (Å²) < 4.78 is 8.18. The van der Waals surface area contributed by atoms with Crippen molar-refractivity contribution in [3.63, 3.8) is 0 Å². The second-order valence-electron chi connectivity index (χ2n) is 8.11. The van der Waals surface area contributed by atoms with Gasteiger partial charge in [-0.05, 0) is 62.1 Å². The summed E-state index contributed by atoms with van der Waals surface area (Å²) >= 11 is 0. The Morgan fingerprint density at radius 1 is 1.06 bits per heavy atom. The van der Waals surface area contributed by atoms with Crippen molar-refractivity contribution in [3.05, 3.63) is 65.6 Å². The zero-order chi connectivity index (χ0) is 22.2. The van der Waals surface area contributed by atoms with Crippen LogP contribution >= 0.6 is 0 Å². The van der Waals surface area contributed by atoms with E-state index >= 15 is 0 Å². The van der Waals surface area contributed by atoms with Crippen molar-refractivity contribution in [2.24, 2.45) is 0 Å². The molecule has 31 heavy (non-hydrogen) atoms. The van der Waals surface area contributed by atoms with Gasteiger partial charge < -0.3 is 4.74 Å². The second kappa shape index (κ2) is 11.1. The number of rotatable bonds is 12. The number of aryl methyl sites for hydroxylation is 1. The average molecular weight is 422 g/mol. The lowest BCUT2D eigenvalue weighted by Gasteiger charge is -2.31. The summed E-state index contributed by atoms with van der Waals surface area (Å²) in [6.45, 7) is 10.7. The van der Waals surface area contributed by atoms with Crippen molar-refractivity contribution in [1.82, 2.24) is 14.3 Å². The highest BCUT2D eigenvalue weighted by molar-refractivity contribution is 6.08. The second-order valence-corrected chi connectivity index (χ2v) is 8.11. The highest BCUT2D eigenvalue weighted by Gasteiger charge is 2.19. The highest BCUT2D eigenvalue weighted by atomic mass is 16.5. The third kappa shape index (κ3) is 5.53. The van der Waals surface area contributed by atoms with Crippen molar-refractivity contribution >= 4 is 11.4 Å². The first-order valence-electron chi connectivity index (χ1n) is 11.6. The highest BCUT2D eigenvalue weighted by Crippen LogP contribution is 2.20. The molecule has 2 heterocycles. The van der Waals surface area contributed by atoms with Gasteiger partial charge in [0.2, 0.25) is 5.78 Å². The van der Waals surface area contributed by atoms with Crippen LogP contribution in [-0.4, -0.2) is 39.4 Å². The summed E-state index contributed by atoms with van der Waals surface area (Å²) in [7, 11) is 0. The van der Waals surface area contributed by atoms with Gasteiger partial charge in [-0.2, -0.15) is 0 Å². The molecule has 0 bridgehead atoms. The minimum atomic E-state index is -0.0378. The summed E-state index contributed by atoms with van der Waals surface area (Å²) in [5.41, 5.74) is 3.07.